The standard InChI is InChI=1S/C14H29N/c1-5-14-13(8-9-15-14)7-6-12(4)10-11(2)3/h11-15H,5-10H2,1-4H3. The molecule has 0 amide bonds. The first-order valence-corrected chi connectivity index (χ1v) is 6.86. The van der Waals surface area contributed by atoms with Crippen LogP contribution in [0.1, 0.15) is 59.8 Å². The van der Waals surface area contributed by atoms with E-state index in [1.807, 2.05) is 0 Å². The summed E-state index contributed by atoms with van der Waals surface area (Å²) in [4.78, 5) is 0. The first-order valence-electron chi connectivity index (χ1n) is 6.86. The van der Waals surface area contributed by atoms with Crippen LogP contribution in [-0.4, -0.2) is 12.6 Å². The van der Waals surface area contributed by atoms with Crippen molar-refractivity contribution in [2.75, 3.05) is 6.54 Å². The maximum atomic E-state index is 3.62. The molecule has 1 fully saturated rings. The first-order chi connectivity index (χ1) is 7.13. The van der Waals surface area contributed by atoms with Crippen LogP contribution < -0.4 is 5.32 Å². The molecule has 1 rings (SSSR count). The van der Waals surface area contributed by atoms with Crippen LogP contribution in [0, 0.1) is 17.8 Å². The fourth-order valence-corrected chi connectivity index (χ4v) is 3.07. The fourth-order valence-electron chi connectivity index (χ4n) is 3.07. The molecule has 3 unspecified atom stereocenters. The predicted molar refractivity (Wildman–Crippen MR) is 68.0 cm³/mol. The van der Waals surface area contributed by atoms with Crippen molar-refractivity contribution in [3.63, 3.8) is 0 Å². The summed E-state index contributed by atoms with van der Waals surface area (Å²) in [6.07, 6.45) is 6.99. The molecule has 0 aromatic rings. The molecule has 1 saturated heterocycles. The Morgan fingerprint density at radius 1 is 1.27 bits per heavy atom. The zero-order chi connectivity index (χ0) is 11.3. The highest BCUT2D eigenvalue weighted by Crippen LogP contribution is 2.26. The second-order valence-corrected chi connectivity index (χ2v) is 5.83. The summed E-state index contributed by atoms with van der Waals surface area (Å²) in [7, 11) is 0. The van der Waals surface area contributed by atoms with E-state index in [2.05, 4.69) is 33.0 Å². The predicted octanol–water partition coefficient (Wildman–Crippen LogP) is 3.84. The molecule has 0 bridgehead atoms. The summed E-state index contributed by atoms with van der Waals surface area (Å²) in [5.74, 6) is 2.75. The Morgan fingerprint density at radius 2 is 2.00 bits per heavy atom. The molecule has 1 heterocycles. The van der Waals surface area contributed by atoms with Gasteiger partial charge in [0.15, 0.2) is 0 Å². The van der Waals surface area contributed by atoms with Gasteiger partial charge in [-0.15, -0.1) is 0 Å². The molecule has 1 nitrogen and oxygen atoms in total. The number of rotatable bonds is 6. The zero-order valence-corrected chi connectivity index (χ0v) is 11.1. The van der Waals surface area contributed by atoms with Crippen molar-refractivity contribution in [2.45, 2.75) is 65.8 Å². The third-order valence-corrected chi connectivity index (χ3v) is 3.83. The molecule has 0 aromatic heterocycles. The van der Waals surface area contributed by atoms with E-state index in [0.717, 1.165) is 23.8 Å². The lowest BCUT2D eigenvalue weighted by Crippen LogP contribution is -2.26. The van der Waals surface area contributed by atoms with Gasteiger partial charge in [-0.25, -0.2) is 0 Å². The van der Waals surface area contributed by atoms with Crippen LogP contribution in [0.3, 0.4) is 0 Å². The Labute approximate surface area is 96.0 Å². The van der Waals surface area contributed by atoms with Crippen molar-refractivity contribution >= 4 is 0 Å². The highest BCUT2D eigenvalue weighted by atomic mass is 14.9. The van der Waals surface area contributed by atoms with Crippen LogP contribution in [0.5, 0.6) is 0 Å². The molecule has 0 aromatic carbocycles. The van der Waals surface area contributed by atoms with Crippen LogP contribution in [-0.2, 0) is 0 Å². The number of hydrogen-bond donors (Lipinski definition) is 1. The van der Waals surface area contributed by atoms with Gasteiger partial charge in [0.05, 0.1) is 0 Å². The zero-order valence-electron chi connectivity index (χ0n) is 11.1. The van der Waals surface area contributed by atoms with Crippen LogP contribution in [0.15, 0.2) is 0 Å². The largest absolute Gasteiger partial charge is 0.314 e. The van der Waals surface area contributed by atoms with Gasteiger partial charge in [0.1, 0.15) is 0 Å². The average Bonchev–Trinajstić information content (AvgIpc) is 2.60. The summed E-state index contributed by atoms with van der Waals surface area (Å²) >= 11 is 0. The Morgan fingerprint density at radius 3 is 2.60 bits per heavy atom. The highest BCUT2D eigenvalue weighted by Gasteiger charge is 2.25. The van der Waals surface area contributed by atoms with Gasteiger partial charge in [0.2, 0.25) is 0 Å². The molecular formula is C14H29N. The summed E-state index contributed by atoms with van der Waals surface area (Å²) in [5.41, 5.74) is 0. The quantitative estimate of drug-likeness (QED) is 0.704. The molecule has 15 heavy (non-hydrogen) atoms. The summed E-state index contributed by atoms with van der Waals surface area (Å²) in [6.45, 7) is 10.7. The van der Waals surface area contributed by atoms with Crippen molar-refractivity contribution < 1.29 is 0 Å². The Hall–Kier alpha value is -0.0400. The SMILES string of the molecule is CCC1NCCC1CCC(C)CC(C)C. The van der Waals surface area contributed by atoms with Gasteiger partial charge in [0, 0.05) is 6.04 Å². The van der Waals surface area contributed by atoms with E-state index in [1.54, 1.807) is 0 Å². The summed E-state index contributed by atoms with van der Waals surface area (Å²) in [5, 5.41) is 3.62. The molecule has 3 atom stereocenters. The van der Waals surface area contributed by atoms with Crippen LogP contribution >= 0.6 is 0 Å². The normalized spacial score (nSPS) is 28.6. The van der Waals surface area contributed by atoms with Gasteiger partial charge in [0.25, 0.3) is 0 Å². The van der Waals surface area contributed by atoms with Gasteiger partial charge in [-0.05, 0) is 50.0 Å². The monoisotopic (exact) mass is 211 g/mol. The maximum absolute atomic E-state index is 3.62. The molecule has 0 spiro atoms. The minimum atomic E-state index is 0.816. The lowest BCUT2D eigenvalue weighted by Gasteiger charge is -2.20. The van der Waals surface area contributed by atoms with Crippen LogP contribution in [0.25, 0.3) is 0 Å². The summed E-state index contributed by atoms with van der Waals surface area (Å²) in [6, 6.07) is 0.816. The van der Waals surface area contributed by atoms with E-state index < -0.39 is 0 Å². The van der Waals surface area contributed by atoms with E-state index in [0.29, 0.717) is 0 Å². The van der Waals surface area contributed by atoms with Crippen molar-refractivity contribution in [3.05, 3.63) is 0 Å². The van der Waals surface area contributed by atoms with E-state index in [1.165, 1.54) is 38.6 Å². The minimum absolute atomic E-state index is 0.816. The lowest BCUT2D eigenvalue weighted by molar-refractivity contribution is 0.338. The second kappa shape index (κ2) is 6.52. The maximum Gasteiger partial charge on any atom is 0.00931 e. The first kappa shape index (κ1) is 13.0. The average molecular weight is 211 g/mol. The fraction of sp³-hybridized carbons (Fsp3) is 1.00. The molecule has 1 N–H and O–H groups in total. The Kier molecular flexibility index (Phi) is 5.66. The minimum Gasteiger partial charge on any atom is -0.314 e. The van der Waals surface area contributed by atoms with Crippen molar-refractivity contribution in [3.8, 4) is 0 Å². The molecule has 1 aliphatic rings. The van der Waals surface area contributed by atoms with E-state index in [4.69, 9.17) is 0 Å². The van der Waals surface area contributed by atoms with Crippen LogP contribution in [0.2, 0.25) is 0 Å². The second-order valence-electron chi connectivity index (χ2n) is 5.83. The van der Waals surface area contributed by atoms with E-state index >= 15 is 0 Å². The van der Waals surface area contributed by atoms with Gasteiger partial charge in [-0.2, -0.15) is 0 Å². The number of nitrogens with one attached hydrogen (secondary N) is 1. The van der Waals surface area contributed by atoms with E-state index in [-0.39, 0.29) is 0 Å². The van der Waals surface area contributed by atoms with Gasteiger partial charge in [-0.1, -0.05) is 34.1 Å². The van der Waals surface area contributed by atoms with Crippen molar-refractivity contribution in [1.29, 1.82) is 0 Å². The van der Waals surface area contributed by atoms with Gasteiger partial charge in [-0.3, -0.25) is 0 Å². The van der Waals surface area contributed by atoms with Gasteiger partial charge < -0.3 is 5.32 Å². The Bertz CT molecular complexity index is 165. The van der Waals surface area contributed by atoms with Crippen molar-refractivity contribution in [2.24, 2.45) is 17.8 Å². The Balaban J connectivity index is 2.18. The molecule has 90 valence electrons. The smallest absolute Gasteiger partial charge is 0.00931 e. The molecule has 0 saturated carbocycles. The third-order valence-electron chi connectivity index (χ3n) is 3.83. The lowest BCUT2D eigenvalue weighted by atomic mass is 9.87. The van der Waals surface area contributed by atoms with Crippen LogP contribution in [0.4, 0.5) is 0 Å². The molecule has 0 aliphatic carbocycles. The topological polar surface area (TPSA) is 12.0 Å². The molecule has 1 heteroatoms. The molecule has 0 radical (unpaired) electrons. The van der Waals surface area contributed by atoms with E-state index in [9.17, 15) is 0 Å². The van der Waals surface area contributed by atoms with Crippen molar-refractivity contribution in [1.82, 2.24) is 5.32 Å². The highest BCUT2D eigenvalue weighted by molar-refractivity contribution is 4.82. The molecular weight excluding hydrogens is 182 g/mol. The third kappa shape index (κ3) is 4.55. The van der Waals surface area contributed by atoms with Gasteiger partial charge >= 0.3 is 0 Å². The summed E-state index contributed by atoms with van der Waals surface area (Å²) < 4.78 is 0. The molecule has 1 aliphatic heterocycles. The number of hydrogen-bond acceptors (Lipinski definition) is 1.